The number of carbonyl (C=O) groups is 3. The van der Waals surface area contributed by atoms with Crippen molar-refractivity contribution in [2.75, 3.05) is 10.6 Å². The second-order valence-corrected chi connectivity index (χ2v) is 7.17. The van der Waals surface area contributed by atoms with E-state index in [1.165, 1.54) is 0 Å². The quantitative estimate of drug-likeness (QED) is 0.728. The summed E-state index contributed by atoms with van der Waals surface area (Å²) in [6.07, 6.45) is 2.84. The van der Waals surface area contributed by atoms with E-state index < -0.39 is 17.8 Å². The standard InChI is InChI=1S/C22H24N2O4/c1-14-13-16(23-21(26)17-9-5-6-10-18(17)22(27)28)11-12-19(14)24-20(25)15-7-3-2-4-8-15/h2-4,7-8,11-13,17-18H,5-6,9-10H2,1H3,(H,23,26)(H,24,25)(H,27,28)/t17-,18+/m1/s1. The van der Waals surface area contributed by atoms with Gasteiger partial charge in [0, 0.05) is 16.9 Å². The Bertz CT molecular complexity index is 879. The Balaban J connectivity index is 1.67. The first kappa shape index (κ1) is 19.6. The molecule has 0 saturated heterocycles. The van der Waals surface area contributed by atoms with Gasteiger partial charge in [0.05, 0.1) is 11.8 Å². The highest BCUT2D eigenvalue weighted by atomic mass is 16.4. The molecular weight excluding hydrogens is 356 g/mol. The van der Waals surface area contributed by atoms with E-state index in [9.17, 15) is 19.5 Å². The monoisotopic (exact) mass is 380 g/mol. The van der Waals surface area contributed by atoms with Crippen molar-refractivity contribution in [1.29, 1.82) is 0 Å². The van der Waals surface area contributed by atoms with Crippen LogP contribution in [0.4, 0.5) is 11.4 Å². The molecule has 0 bridgehead atoms. The molecule has 0 heterocycles. The Kier molecular flexibility index (Phi) is 6.09. The maximum absolute atomic E-state index is 12.6. The van der Waals surface area contributed by atoms with Gasteiger partial charge in [-0.15, -0.1) is 0 Å². The van der Waals surface area contributed by atoms with E-state index in [1.807, 2.05) is 13.0 Å². The molecule has 0 aromatic heterocycles. The number of nitrogens with one attached hydrogen (secondary N) is 2. The Morgan fingerprint density at radius 2 is 1.61 bits per heavy atom. The first-order valence-electron chi connectivity index (χ1n) is 9.46. The Hall–Kier alpha value is -3.15. The van der Waals surface area contributed by atoms with Crippen molar-refractivity contribution in [3.63, 3.8) is 0 Å². The third kappa shape index (κ3) is 4.57. The number of carboxylic acid groups (broad SMARTS) is 1. The minimum atomic E-state index is -0.907. The molecule has 2 atom stereocenters. The molecule has 0 spiro atoms. The fourth-order valence-electron chi connectivity index (χ4n) is 3.64. The molecule has 2 amide bonds. The van der Waals surface area contributed by atoms with Crippen molar-refractivity contribution < 1.29 is 19.5 Å². The summed E-state index contributed by atoms with van der Waals surface area (Å²) in [5.74, 6) is -2.50. The van der Waals surface area contributed by atoms with Gasteiger partial charge in [-0.25, -0.2) is 0 Å². The van der Waals surface area contributed by atoms with Crippen LogP contribution in [0.5, 0.6) is 0 Å². The molecule has 1 aliphatic carbocycles. The summed E-state index contributed by atoms with van der Waals surface area (Å²) in [6.45, 7) is 1.84. The predicted molar refractivity (Wildman–Crippen MR) is 107 cm³/mol. The third-order valence-electron chi connectivity index (χ3n) is 5.20. The number of benzene rings is 2. The molecule has 1 aliphatic rings. The molecule has 3 rings (SSSR count). The zero-order chi connectivity index (χ0) is 20.1. The lowest BCUT2D eigenvalue weighted by Gasteiger charge is -2.27. The van der Waals surface area contributed by atoms with Gasteiger partial charge < -0.3 is 15.7 Å². The van der Waals surface area contributed by atoms with E-state index >= 15 is 0 Å². The number of hydrogen-bond acceptors (Lipinski definition) is 3. The van der Waals surface area contributed by atoms with Crippen LogP contribution in [0.25, 0.3) is 0 Å². The molecular formula is C22H24N2O4. The third-order valence-corrected chi connectivity index (χ3v) is 5.20. The van der Waals surface area contributed by atoms with Crippen LogP contribution in [-0.2, 0) is 9.59 Å². The second-order valence-electron chi connectivity index (χ2n) is 7.17. The minimum absolute atomic E-state index is 0.202. The molecule has 28 heavy (non-hydrogen) atoms. The van der Waals surface area contributed by atoms with Crippen LogP contribution in [0.2, 0.25) is 0 Å². The first-order valence-corrected chi connectivity index (χ1v) is 9.46. The highest BCUT2D eigenvalue weighted by molar-refractivity contribution is 6.05. The number of anilines is 2. The predicted octanol–water partition coefficient (Wildman–Crippen LogP) is 4.08. The van der Waals surface area contributed by atoms with E-state index in [4.69, 9.17) is 0 Å². The molecule has 0 unspecified atom stereocenters. The van der Waals surface area contributed by atoms with Crippen LogP contribution in [-0.4, -0.2) is 22.9 Å². The molecule has 1 saturated carbocycles. The first-order chi connectivity index (χ1) is 13.5. The fourth-order valence-corrected chi connectivity index (χ4v) is 3.64. The average molecular weight is 380 g/mol. The summed E-state index contributed by atoms with van der Waals surface area (Å²) < 4.78 is 0. The number of carboxylic acids is 1. The molecule has 6 heteroatoms. The van der Waals surface area contributed by atoms with Crippen LogP contribution in [0.3, 0.4) is 0 Å². The molecule has 0 radical (unpaired) electrons. The number of aliphatic carboxylic acids is 1. The van der Waals surface area contributed by atoms with Gasteiger partial charge in [0.1, 0.15) is 0 Å². The summed E-state index contributed by atoms with van der Waals surface area (Å²) in [7, 11) is 0. The van der Waals surface area contributed by atoms with Crippen molar-refractivity contribution in [2.24, 2.45) is 11.8 Å². The van der Waals surface area contributed by atoms with Gasteiger partial charge >= 0.3 is 5.97 Å². The van der Waals surface area contributed by atoms with Gasteiger partial charge in [-0.05, 0) is 55.7 Å². The largest absolute Gasteiger partial charge is 0.481 e. The zero-order valence-corrected chi connectivity index (χ0v) is 15.8. The Labute approximate surface area is 164 Å². The molecule has 0 aliphatic heterocycles. The van der Waals surface area contributed by atoms with Crippen LogP contribution >= 0.6 is 0 Å². The highest BCUT2D eigenvalue weighted by Gasteiger charge is 2.35. The number of hydrogen-bond donors (Lipinski definition) is 3. The van der Waals surface area contributed by atoms with Crippen LogP contribution in [0, 0.1) is 18.8 Å². The molecule has 1 fully saturated rings. The van der Waals surface area contributed by atoms with Crippen molar-refractivity contribution in [1.82, 2.24) is 0 Å². The van der Waals surface area contributed by atoms with Crippen molar-refractivity contribution in [3.05, 3.63) is 59.7 Å². The topological polar surface area (TPSA) is 95.5 Å². The summed E-state index contributed by atoms with van der Waals surface area (Å²) in [5, 5.41) is 15.1. The van der Waals surface area contributed by atoms with Crippen molar-refractivity contribution in [2.45, 2.75) is 32.6 Å². The van der Waals surface area contributed by atoms with E-state index in [2.05, 4.69) is 10.6 Å². The van der Waals surface area contributed by atoms with Gasteiger partial charge in [-0.1, -0.05) is 31.0 Å². The van der Waals surface area contributed by atoms with E-state index in [1.54, 1.807) is 42.5 Å². The number of carbonyl (C=O) groups excluding carboxylic acids is 2. The molecule has 3 N–H and O–H groups in total. The van der Waals surface area contributed by atoms with E-state index in [0.717, 1.165) is 18.4 Å². The smallest absolute Gasteiger partial charge is 0.307 e. The maximum atomic E-state index is 12.6. The normalized spacial score (nSPS) is 18.9. The molecule has 2 aromatic rings. The van der Waals surface area contributed by atoms with Gasteiger partial charge in [0.2, 0.25) is 5.91 Å². The molecule has 146 valence electrons. The summed E-state index contributed by atoms with van der Waals surface area (Å²) in [4.78, 5) is 36.3. The van der Waals surface area contributed by atoms with Crippen LogP contribution < -0.4 is 10.6 Å². The van der Waals surface area contributed by atoms with E-state index in [-0.39, 0.29) is 11.8 Å². The van der Waals surface area contributed by atoms with E-state index in [0.29, 0.717) is 29.8 Å². The SMILES string of the molecule is Cc1cc(NC(=O)[C@@H]2CCCC[C@@H]2C(=O)O)ccc1NC(=O)c1ccccc1. The number of amides is 2. The number of rotatable bonds is 5. The summed E-state index contributed by atoms with van der Waals surface area (Å²) in [6, 6.07) is 14.2. The van der Waals surface area contributed by atoms with Gasteiger partial charge in [0.25, 0.3) is 5.91 Å². The lowest BCUT2D eigenvalue weighted by Crippen LogP contribution is -2.36. The average Bonchev–Trinajstić information content (AvgIpc) is 2.70. The molecule has 6 nitrogen and oxygen atoms in total. The Morgan fingerprint density at radius 3 is 2.25 bits per heavy atom. The lowest BCUT2D eigenvalue weighted by molar-refractivity contribution is -0.147. The fraction of sp³-hybridized carbons (Fsp3) is 0.318. The lowest BCUT2D eigenvalue weighted by atomic mass is 9.78. The second kappa shape index (κ2) is 8.69. The highest BCUT2D eigenvalue weighted by Crippen LogP contribution is 2.31. The van der Waals surface area contributed by atoms with Gasteiger partial charge in [-0.3, -0.25) is 14.4 Å². The number of aryl methyl sites for hydroxylation is 1. The van der Waals surface area contributed by atoms with Gasteiger partial charge in [0.15, 0.2) is 0 Å². The molecule has 2 aromatic carbocycles. The van der Waals surface area contributed by atoms with Crippen LogP contribution in [0.1, 0.15) is 41.6 Å². The minimum Gasteiger partial charge on any atom is -0.481 e. The summed E-state index contributed by atoms with van der Waals surface area (Å²) in [5.41, 5.74) is 2.62. The van der Waals surface area contributed by atoms with Crippen LogP contribution in [0.15, 0.2) is 48.5 Å². The van der Waals surface area contributed by atoms with Crippen molar-refractivity contribution >= 4 is 29.2 Å². The maximum Gasteiger partial charge on any atom is 0.307 e. The van der Waals surface area contributed by atoms with Crippen molar-refractivity contribution in [3.8, 4) is 0 Å². The summed E-state index contributed by atoms with van der Waals surface area (Å²) >= 11 is 0. The zero-order valence-electron chi connectivity index (χ0n) is 15.8. The Morgan fingerprint density at radius 1 is 0.929 bits per heavy atom. The van der Waals surface area contributed by atoms with Gasteiger partial charge in [-0.2, -0.15) is 0 Å².